The molecule has 0 spiro atoms. The Morgan fingerprint density at radius 1 is 1.12 bits per heavy atom. The first kappa shape index (κ1) is 18.0. The average molecular weight is 346 g/mol. The topological polar surface area (TPSA) is 58.6 Å². The lowest BCUT2D eigenvalue weighted by Gasteiger charge is -2.35. The van der Waals surface area contributed by atoms with Gasteiger partial charge in [-0.1, -0.05) is 20.3 Å². The largest absolute Gasteiger partial charge is 0.473 e. The molecular weight excluding hydrogens is 316 g/mol. The molecule has 1 saturated carbocycles. The van der Waals surface area contributed by atoms with Gasteiger partial charge in [0.1, 0.15) is 6.10 Å². The highest BCUT2D eigenvalue weighted by molar-refractivity contribution is 5.76. The third-order valence-electron chi connectivity index (χ3n) is 5.00. The molecule has 1 amide bonds. The highest BCUT2D eigenvalue weighted by atomic mass is 16.5. The van der Waals surface area contributed by atoms with Gasteiger partial charge in [-0.3, -0.25) is 4.79 Å². The third kappa shape index (κ3) is 5.06. The van der Waals surface area contributed by atoms with Crippen molar-refractivity contribution in [3.05, 3.63) is 12.1 Å². The van der Waals surface area contributed by atoms with E-state index < -0.39 is 0 Å². The molecule has 25 heavy (non-hydrogen) atoms. The predicted octanol–water partition coefficient (Wildman–Crippen LogP) is 2.88. The smallest absolute Gasteiger partial charge is 0.233 e. The number of hydrogen-bond acceptors (Lipinski definition) is 5. The molecule has 0 bridgehead atoms. The summed E-state index contributed by atoms with van der Waals surface area (Å²) in [6, 6.07) is 3.91. The highest BCUT2D eigenvalue weighted by Crippen LogP contribution is 2.23. The van der Waals surface area contributed by atoms with Crippen molar-refractivity contribution >= 4 is 11.7 Å². The first-order valence-electron chi connectivity index (χ1n) is 9.65. The minimum Gasteiger partial charge on any atom is -0.473 e. The Morgan fingerprint density at radius 3 is 2.44 bits per heavy atom. The van der Waals surface area contributed by atoms with Crippen LogP contribution in [0.2, 0.25) is 0 Å². The molecule has 1 aliphatic heterocycles. The van der Waals surface area contributed by atoms with Gasteiger partial charge in [0.15, 0.2) is 5.82 Å². The highest BCUT2D eigenvalue weighted by Gasteiger charge is 2.23. The molecule has 1 saturated heterocycles. The molecule has 2 aliphatic rings. The van der Waals surface area contributed by atoms with E-state index in [1.54, 1.807) is 0 Å². The van der Waals surface area contributed by atoms with Gasteiger partial charge in [0.05, 0.1) is 0 Å². The van der Waals surface area contributed by atoms with Crippen LogP contribution in [0.25, 0.3) is 0 Å². The summed E-state index contributed by atoms with van der Waals surface area (Å²) in [6.45, 7) is 7.30. The summed E-state index contributed by atoms with van der Waals surface area (Å²) in [7, 11) is 0. The number of aromatic nitrogens is 2. The normalized spacial score (nSPS) is 19.3. The average Bonchev–Trinajstić information content (AvgIpc) is 2.63. The van der Waals surface area contributed by atoms with Crippen molar-refractivity contribution in [2.45, 2.75) is 58.5 Å². The van der Waals surface area contributed by atoms with Crippen LogP contribution in [-0.2, 0) is 4.79 Å². The molecule has 0 N–H and O–H groups in total. The maximum Gasteiger partial charge on any atom is 0.233 e. The van der Waals surface area contributed by atoms with Gasteiger partial charge in [-0.05, 0) is 37.7 Å². The van der Waals surface area contributed by atoms with Gasteiger partial charge in [-0.15, -0.1) is 10.2 Å². The van der Waals surface area contributed by atoms with Gasteiger partial charge in [0.2, 0.25) is 11.8 Å². The molecule has 1 aromatic rings. The van der Waals surface area contributed by atoms with Crippen LogP contribution in [0.1, 0.15) is 52.4 Å². The lowest BCUT2D eigenvalue weighted by Crippen LogP contribution is -2.49. The molecule has 1 aliphatic carbocycles. The van der Waals surface area contributed by atoms with Crippen LogP contribution < -0.4 is 9.64 Å². The molecule has 6 nitrogen and oxygen atoms in total. The molecular formula is C19H30N4O2. The van der Waals surface area contributed by atoms with Gasteiger partial charge in [0.25, 0.3) is 0 Å². The minimum absolute atomic E-state index is 0.261. The Morgan fingerprint density at radius 2 is 1.84 bits per heavy atom. The lowest BCUT2D eigenvalue weighted by molar-refractivity contribution is -0.132. The molecule has 0 unspecified atom stereocenters. The van der Waals surface area contributed by atoms with E-state index in [0.29, 0.717) is 24.3 Å². The number of carbonyl (C=O) groups excluding carboxylic acids is 1. The summed E-state index contributed by atoms with van der Waals surface area (Å²) in [6.07, 6.45) is 6.98. The van der Waals surface area contributed by atoms with Crippen molar-refractivity contribution in [1.82, 2.24) is 15.1 Å². The number of anilines is 1. The standard InChI is InChI=1S/C19H30N4O2/c1-15(2)14-19(24)23-12-10-22(11-13-23)17-8-9-18(21-20-17)25-16-6-4-3-5-7-16/h8-9,15-16H,3-7,10-14H2,1-2H3. The van der Waals surface area contributed by atoms with Crippen LogP contribution in [-0.4, -0.2) is 53.3 Å². The van der Waals surface area contributed by atoms with Crippen LogP contribution in [0.3, 0.4) is 0 Å². The van der Waals surface area contributed by atoms with Gasteiger partial charge in [-0.25, -0.2) is 0 Å². The molecule has 1 aromatic heterocycles. The van der Waals surface area contributed by atoms with Crippen LogP contribution in [0.15, 0.2) is 12.1 Å². The maximum absolute atomic E-state index is 12.1. The fraction of sp³-hybridized carbons (Fsp3) is 0.737. The zero-order chi connectivity index (χ0) is 17.6. The zero-order valence-corrected chi connectivity index (χ0v) is 15.5. The second-order valence-corrected chi connectivity index (χ2v) is 7.57. The summed E-state index contributed by atoms with van der Waals surface area (Å²) in [5.74, 6) is 2.17. The second-order valence-electron chi connectivity index (χ2n) is 7.57. The number of amides is 1. The fourth-order valence-electron chi connectivity index (χ4n) is 3.56. The van der Waals surface area contributed by atoms with E-state index in [-0.39, 0.29) is 5.91 Å². The first-order chi connectivity index (χ1) is 12.1. The van der Waals surface area contributed by atoms with Gasteiger partial charge in [0, 0.05) is 38.7 Å². The molecule has 2 heterocycles. The Bertz CT molecular complexity index is 547. The van der Waals surface area contributed by atoms with E-state index in [9.17, 15) is 4.79 Å². The number of hydrogen-bond donors (Lipinski definition) is 0. The number of nitrogens with zero attached hydrogens (tertiary/aromatic N) is 4. The number of piperazine rings is 1. The summed E-state index contributed by atoms with van der Waals surface area (Å²) in [5.41, 5.74) is 0. The van der Waals surface area contributed by atoms with Crippen molar-refractivity contribution in [2.24, 2.45) is 5.92 Å². The minimum atomic E-state index is 0.261. The van der Waals surface area contributed by atoms with Crippen LogP contribution in [0.4, 0.5) is 5.82 Å². The second kappa shape index (κ2) is 8.50. The maximum atomic E-state index is 12.1. The van der Waals surface area contributed by atoms with Gasteiger partial charge >= 0.3 is 0 Å². The van der Waals surface area contributed by atoms with E-state index in [1.807, 2.05) is 17.0 Å². The van der Waals surface area contributed by atoms with E-state index in [4.69, 9.17) is 4.74 Å². The Balaban J connectivity index is 1.49. The van der Waals surface area contributed by atoms with Crippen LogP contribution in [0, 0.1) is 5.92 Å². The molecule has 2 fully saturated rings. The zero-order valence-electron chi connectivity index (χ0n) is 15.5. The summed E-state index contributed by atoms with van der Waals surface area (Å²) in [5, 5.41) is 8.58. The van der Waals surface area contributed by atoms with Gasteiger partial charge < -0.3 is 14.5 Å². The van der Waals surface area contributed by atoms with Crippen molar-refractivity contribution in [3.8, 4) is 5.88 Å². The van der Waals surface area contributed by atoms with Crippen molar-refractivity contribution < 1.29 is 9.53 Å². The van der Waals surface area contributed by atoms with Gasteiger partial charge in [-0.2, -0.15) is 0 Å². The summed E-state index contributed by atoms with van der Waals surface area (Å²) >= 11 is 0. The van der Waals surface area contributed by atoms with Crippen molar-refractivity contribution in [2.75, 3.05) is 31.1 Å². The van der Waals surface area contributed by atoms with Crippen LogP contribution >= 0.6 is 0 Å². The Labute approximate surface area is 150 Å². The van der Waals surface area contributed by atoms with Crippen molar-refractivity contribution in [1.29, 1.82) is 0 Å². The monoisotopic (exact) mass is 346 g/mol. The van der Waals surface area contributed by atoms with E-state index in [0.717, 1.165) is 44.8 Å². The number of rotatable bonds is 5. The lowest BCUT2D eigenvalue weighted by atomic mass is 9.98. The third-order valence-corrected chi connectivity index (χ3v) is 5.00. The summed E-state index contributed by atoms with van der Waals surface area (Å²) < 4.78 is 5.94. The molecule has 0 aromatic carbocycles. The number of carbonyl (C=O) groups is 1. The molecule has 138 valence electrons. The molecule has 3 rings (SSSR count). The predicted molar refractivity (Wildman–Crippen MR) is 97.8 cm³/mol. The van der Waals surface area contributed by atoms with E-state index in [1.165, 1.54) is 19.3 Å². The van der Waals surface area contributed by atoms with E-state index in [2.05, 4.69) is 28.9 Å². The molecule has 0 radical (unpaired) electrons. The number of ether oxygens (including phenoxy) is 1. The SMILES string of the molecule is CC(C)CC(=O)N1CCN(c2ccc(OC3CCCCC3)nn2)CC1. The first-order valence-corrected chi connectivity index (χ1v) is 9.65. The quantitative estimate of drug-likeness (QED) is 0.820. The van der Waals surface area contributed by atoms with Crippen molar-refractivity contribution in [3.63, 3.8) is 0 Å². The Kier molecular flexibility index (Phi) is 6.10. The fourth-order valence-corrected chi connectivity index (χ4v) is 3.56. The van der Waals surface area contributed by atoms with E-state index >= 15 is 0 Å². The van der Waals surface area contributed by atoms with Crippen LogP contribution in [0.5, 0.6) is 5.88 Å². The Hall–Kier alpha value is -1.85. The molecule has 6 heteroatoms. The summed E-state index contributed by atoms with van der Waals surface area (Å²) in [4.78, 5) is 16.3. The molecule has 0 atom stereocenters.